The van der Waals surface area contributed by atoms with Crippen molar-refractivity contribution in [1.29, 1.82) is 0 Å². The van der Waals surface area contributed by atoms with Crippen LogP contribution in [-0.2, 0) is 0 Å². The number of benzene rings is 1. The van der Waals surface area contributed by atoms with Crippen LogP contribution in [0.1, 0.15) is 6.92 Å². The second kappa shape index (κ2) is 7.08. The Bertz CT molecular complexity index is 777. The number of rotatable bonds is 5. The molecule has 0 amide bonds. The number of phenols is 2. The molecule has 0 spiro atoms. The van der Waals surface area contributed by atoms with Crippen molar-refractivity contribution in [3.8, 4) is 11.5 Å². The van der Waals surface area contributed by atoms with E-state index in [0.717, 1.165) is 5.70 Å². The monoisotopic (exact) mass is 295 g/mol. The Kier molecular flexibility index (Phi) is 4.93. The van der Waals surface area contributed by atoms with Crippen LogP contribution in [0.5, 0.6) is 11.5 Å². The zero-order chi connectivity index (χ0) is 15.9. The van der Waals surface area contributed by atoms with Gasteiger partial charge in [-0.15, -0.1) is 0 Å². The minimum absolute atomic E-state index is 0.214. The molecule has 0 unspecified atom stereocenters. The highest BCUT2D eigenvalue weighted by Gasteiger charge is 2.08. The number of aromatic nitrogens is 2. The Morgan fingerprint density at radius 2 is 1.95 bits per heavy atom. The molecular weight excluding hydrogens is 278 g/mol. The predicted octanol–water partition coefficient (Wildman–Crippen LogP) is 3.66. The van der Waals surface area contributed by atoms with Gasteiger partial charge in [0.1, 0.15) is 12.1 Å². The van der Waals surface area contributed by atoms with Crippen LogP contribution < -0.4 is 5.32 Å². The van der Waals surface area contributed by atoms with E-state index in [-0.39, 0.29) is 11.5 Å². The Morgan fingerprint density at radius 1 is 1.18 bits per heavy atom. The normalized spacial score (nSPS) is 12.3. The van der Waals surface area contributed by atoms with Crippen LogP contribution in [-0.4, -0.2) is 20.2 Å². The molecule has 0 atom stereocenters. The number of hydrogen-bond donors (Lipinski definition) is 3. The van der Waals surface area contributed by atoms with Gasteiger partial charge in [-0.2, -0.15) is 0 Å². The summed E-state index contributed by atoms with van der Waals surface area (Å²) in [4.78, 5) is 8.28. The molecule has 0 radical (unpaired) electrons. The minimum Gasteiger partial charge on any atom is -0.504 e. The Labute approximate surface area is 128 Å². The van der Waals surface area contributed by atoms with Gasteiger partial charge in [0.05, 0.1) is 5.52 Å². The van der Waals surface area contributed by atoms with E-state index >= 15 is 0 Å². The van der Waals surface area contributed by atoms with E-state index in [1.165, 1.54) is 18.5 Å². The largest absolute Gasteiger partial charge is 0.504 e. The lowest BCUT2D eigenvalue weighted by molar-refractivity contribution is 0.405. The summed E-state index contributed by atoms with van der Waals surface area (Å²) in [7, 11) is 0. The third kappa shape index (κ3) is 3.52. The van der Waals surface area contributed by atoms with Gasteiger partial charge in [-0.25, -0.2) is 9.97 Å². The van der Waals surface area contributed by atoms with Crippen molar-refractivity contribution in [1.82, 2.24) is 9.97 Å². The van der Waals surface area contributed by atoms with Gasteiger partial charge in [0.25, 0.3) is 0 Å². The molecule has 0 fully saturated rings. The van der Waals surface area contributed by atoms with Gasteiger partial charge in [-0.1, -0.05) is 30.9 Å². The summed E-state index contributed by atoms with van der Waals surface area (Å²) in [6.45, 7) is 5.57. The molecule has 1 aromatic heterocycles. The number of nitrogens with one attached hydrogen (secondary N) is 1. The first kappa shape index (κ1) is 15.3. The first-order chi connectivity index (χ1) is 10.7. The van der Waals surface area contributed by atoms with Crippen LogP contribution in [0.25, 0.3) is 10.9 Å². The van der Waals surface area contributed by atoms with E-state index in [1.807, 2.05) is 31.2 Å². The molecule has 22 heavy (non-hydrogen) atoms. The molecule has 0 aliphatic heterocycles. The van der Waals surface area contributed by atoms with Crippen LogP contribution >= 0.6 is 0 Å². The number of fused-ring (bicyclic) bond motifs is 1. The summed E-state index contributed by atoms with van der Waals surface area (Å²) < 4.78 is 0. The molecule has 0 aliphatic rings. The average molecular weight is 295 g/mol. The standard InChI is InChI=1S/C17H17N3O2/c1-3-5-7-12(8-6-4-2)20-17-13-9-15(21)16(22)10-14(13)18-11-19-17/h3-11,21-22H,1H2,2H3,(H,18,19,20)/b6-4-,7-5-,12-8+. The lowest BCUT2D eigenvalue weighted by Crippen LogP contribution is -2.00. The van der Waals surface area contributed by atoms with Crippen molar-refractivity contribution in [2.75, 3.05) is 5.32 Å². The second-order valence-electron chi connectivity index (χ2n) is 4.45. The van der Waals surface area contributed by atoms with Crippen LogP contribution in [0.3, 0.4) is 0 Å². The fourth-order valence-corrected chi connectivity index (χ4v) is 1.83. The summed E-state index contributed by atoms with van der Waals surface area (Å²) in [5, 5.41) is 23.0. The Morgan fingerprint density at radius 3 is 2.68 bits per heavy atom. The summed E-state index contributed by atoms with van der Waals surface area (Å²) in [6.07, 6.45) is 12.4. The third-order valence-corrected chi connectivity index (χ3v) is 2.87. The minimum atomic E-state index is -0.217. The highest BCUT2D eigenvalue weighted by molar-refractivity contribution is 5.92. The molecule has 2 rings (SSSR count). The molecule has 3 N–H and O–H groups in total. The lowest BCUT2D eigenvalue weighted by atomic mass is 10.2. The van der Waals surface area contributed by atoms with Crippen molar-refractivity contribution < 1.29 is 10.2 Å². The number of nitrogens with zero attached hydrogens (tertiary/aromatic N) is 2. The molecule has 0 saturated heterocycles. The molecule has 0 saturated carbocycles. The smallest absolute Gasteiger partial charge is 0.159 e. The van der Waals surface area contributed by atoms with E-state index in [4.69, 9.17) is 0 Å². The number of anilines is 1. The number of phenolic OH excluding ortho intramolecular Hbond substituents is 2. The van der Waals surface area contributed by atoms with E-state index in [9.17, 15) is 10.2 Å². The lowest BCUT2D eigenvalue weighted by Gasteiger charge is -2.09. The number of aromatic hydroxyl groups is 2. The SMILES string of the molecule is C=C\C=C/C(=C\C=C/C)Nc1ncnc2cc(O)c(O)cc12. The maximum Gasteiger partial charge on any atom is 0.159 e. The highest BCUT2D eigenvalue weighted by atomic mass is 16.3. The first-order valence-corrected chi connectivity index (χ1v) is 6.71. The van der Waals surface area contributed by atoms with E-state index in [1.54, 1.807) is 12.2 Å². The maximum absolute atomic E-state index is 9.67. The van der Waals surface area contributed by atoms with Crippen LogP contribution in [0.2, 0.25) is 0 Å². The van der Waals surface area contributed by atoms with Crippen molar-refractivity contribution in [3.63, 3.8) is 0 Å². The van der Waals surface area contributed by atoms with E-state index in [0.29, 0.717) is 16.7 Å². The fourth-order valence-electron chi connectivity index (χ4n) is 1.83. The number of hydrogen-bond acceptors (Lipinski definition) is 5. The van der Waals surface area contributed by atoms with Gasteiger partial charge in [-0.3, -0.25) is 0 Å². The van der Waals surface area contributed by atoms with Gasteiger partial charge >= 0.3 is 0 Å². The van der Waals surface area contributed by atoms with Crippen molar-refractivity contribution in [2.45, 2.75) is 6.92 Å². The quantitative estimate of drug-likeness (QED) is 0.579. The predicted molar refractivity (Wildman–Crippen MR) is 88.7 cm³/mol. The van der Waals surface area contributed by atoms with E-state index < -0.39 is 0 Å². The molecule has 1 heterocycles. The van der Waals surface area contributed by atoms with Gasteiger partial charge in [0.2, 0.25) is 0 Å². The highest BCUT2D eigenvalue weighted by Crippen LogP contribution is 2.32. The van der Waals surface area contributed by atoms with Gasteiger partial charge < -0.3 is 15.5 Å². The van der Waals surface area contributed by atoms with Crippen LogP contribution in [0.4, 0.5) is 5.82 Å². The molecule has 5 nitrogen and oxygen atoms in total. The summed E-state index contributed by atoms with van der Waals surface area (Å²) in [6, 6.07) is 2.82. The van der Waals surface area contributed by atoms with E-state index in [2.05, 4.69) is 21.9 Å². The van der Waals surface area contributed by atoms with Crippen molar-refractivity contribution in [3.05, 3.63) is 67.2 Å². The topological polar surface area (TPSA) is 78.3 Å². The Hall–Kier alpha value is -3.08. The van der Waals surface area contributed by atoms with Crippen molar-refractivity contribution in [2.24, 2.45) is 0 Å². The van der Waals surface area contributed by atoms with Crippen molar-refractivity contribution >= 4 is 16.7 Å². The zero-order valence-corrected chi connectivity index (χ0v) is 12.2. The van der Waals surface area contributed by atoms with Crippen LogP contribution in [0, 0.1) is 0 Å². The molecule has 0 bridgehead atoms. The molecule has 5 heteroatoms. The average Bonchev–Trinajstić information content (AvgIpc) is 2.51. The number of allylic oxidation sites excluding steroid dienone is 6. The fraction of sp³-hybridized carbons (Fsp3) is 0.0588. The molecule has 0 aliphatic carbocycles. The van der Waals surface area contributed by atoms with Crippen LogP contribution in [0.15, 0.2) is 67.2 Å². The summed E-state index contributed by atoms with van der Waals surface area (Å²) in [5.74, 6) is 0.101. The zero-order valence-electron chi connectivity index (χ0n) is 12.2. The maximum atomic E-state index is 9.67. The second-order valence-corrected chi connectivity index (χ2v) is 4.45. The molecule has 112 valence electrons. The summed E-state index contributed by atoms with van der Waals surface area (Å²) in [5.41, 5.74) is 1.33. The molecule has 1 aromatic carbocycles. The Balaban J connectivity index is 2.47. The van der Waals surface area contributed by atoms with Gasteiger partial charge in [-0.05, 0) is 25.1 Å². The third-order valence-electron chi connectivity index (χ3n) is 2.87. The first-order valence-electron chi connectivity index (χ1n) is 6.71. The summed E-state index contributed by atoms with van der Waals surface area (Å²) >= 11 is 0. The van der Waals surface area contributed by atoms with Gasteiger partial charge in [0, 0.05) is 17.1 Å². The van der Waals surface area contributed by atoms with Gasteiger partial charge in [0.15, 0.2) is 11.5 Å². The molecular formula is C17H17N3O2. The molecule has 2 aromatic rings.